The second-order valence-electron chi connectivity index (χ2n) is 4.29. The standard InChI is InChI=1S/C15H16N2O/c1-10-6-5-9-14(11(10)2)17-15(18)12-7-3-4-8-13(12)16/h3-9H,16H2,1-2H3,(H,17,18). The molecule has 2 rings (SSSR count). The molecule has 0 aliphatic carbocycles. The van der Waals surface area contributed by atoms with E-state index in [9.17, 15) is 4.79 Å². The van der Waals surface area contributed by atoms with Gasteiger partial charge < -0.3 is 11.1 Å². The molecular weight excluding hydrogens is 224 g/mol. The van der Waals surface area contributed by atoms with Gasteiger partial charge in [-0.15, -0.1) is 0 Å². The van der Waals surface area contributed by atoms with Gasteiger partial charge in [0, 0.05) is 11.4 Å². The maximum Gasteiger partial charge on any atom is 0.257 e. The van der Waals surface area contributed by atoms with E-state index < -0.39 is 0 Å². The predicted octanol–water partition coefficient (Wildman–Crippen LogP) is 3.14. The van der Waals surface area contributed by atoms with Crippen molar-refractivity contribution in [3.63, 3.8) is 0 Å². The van der Waals surface area contributed by atoms with Crippen molar-refractivity contribution in [2.75, 3.05) is 11.1 Å². The van der Waals surface area contributed by atoms with E-state index in [1.807, 2.05) is 38.1 Å². The first kappa shape index (κ1) is 12.2. The zero-order valence-corrected chi connectivity index (χ0v) is 10.5. The molecule has 0 aliphatic heterocycles. The van der Waals surface area contributed by atoms with Gasteiger partial charge in [-0.05, 0) is 43.2 Å². The molecule has 0 heterocycles. The summed E-state index contributed by atoms with van der Waals surface area (Å²) in [4.78, 5) is 12.1. The van der Waals surface area contributed by atoms with Crippen molar-refractivity contribution in [2.24, 2.45) is 0 Å². The fourth-order valence-electron chi connectivity index (χ4n) is 1.78. The smallest absolute Gasteiger partial charge is 0.257 e. The third kappa shape index (κ3) is 2.35. The summed E-state index contributed by atoms with van der Waals surface area (Å²) in [6.07, 6.45) is 0. The van der Waals surface area contributed by atoms with Crippen molar-refractivity contribution in [2.45, 2.75) is 13.8 Å². The maximum atomic E-state index is 12.1. The molecular formula is C15H16N2O. The Morgan fingerprint density at radius 2 is 1.78 bits per heavy atom. The lowest BCUT2D eigenvalue weighted by Crippen LogP contribution is -2.14. The molecule has 0 spiro atoms. The zero-order chi connectivity index (χ0) is 13.1. The number of amides is 1. The minimum absolute atomic E-state index is 0.179. The van der Waals surface area contributed by atoms with E-state index >= 15 is 0 Å². The fourth-order valence-corrected chi connectivity index (χ4v) is 1.78. The predicted molar refractivity (Wildman–Crippen MR) is 74.7 cm³/mol. The maximum absolute atomic E-state index is 12.1. The Bertz CT molecular complexity index is 591. The lowest BCUT2D eigenvalue weighted by atomic mass is 10.1. The van der Waals surface area contributed by atoms with Crippen molar-refractivity contribution >= 4 is 17.3 Å². The van der Waals surface area contributed by atoms with Crippen molar-refractivity contribution in [1.29, 1.82) is 0 Å². The second-order valence-corrected chi connectivity index (χ2v) is 4.29. The highest BCUT2D eigenvalue weighted by Gasteiger charge is 2.10. The molecule has 2 aromatic rings. The van der Waals surface area contributed by atoms with Crippen LogP contribution in [0, 0.1) is 13.8 Å². The third-order valence-corrected chi connectivity index (χ3v) is 3.06. The molecule has 3 nitrogen and oxygen atoms in total. The molecule has 0 atom stereocenters. The Kier molecular flexibility index (Phi) is 3.33. The first-order valence-electron chi connectivity index (χ1n) is 5.81. The van der Waals surface area contributed by atoms with E-state index in [0.29, 0.717) is 11.3 Å². The number of hydrogen-bond donors (Lipinski definition) is 2. The van der Waals surface area contributed by atoms with E-state index in [0.717, 1.165) is 16.8 Å². The number of aryl methyl sites for hydroxylation is 1. The van der Waals surface area contributed by atoms with Gasteiger partial charge in [-0.1, -0.05) is 24.3 Å². The summed E-state index contributed by atoms with van der Waals surface area (Å²) in [5.41, 5.74) is 9.81. The number of nitrogen functional groups attached to an aromatic ring is 1. The van der Waals surface area contributed by atoms with Crippen LogP contribution in [0.25, 0.3) is 0 Å². The van der Waals surface area contributed by atoms with Gasteiger partial charge in [-0.25, -0.2) is 0 Å². The van der Waals surface area contributed by atoms with Crippen LogP contribution < -0.4 is 11.1 Å². The number of rotatable bonds is 2. The molecule has 1 amide bonds. The molecule has 0 bridgehead atoms. The molecule has 18 heavy (non-hydrogen) atoms. The van der Waals surface area contributed by atoms with Crippen LogP contribution in [-0.2, 0) is 0 Å². The van der Waals surface area contributed by atoms with Crippen LogP contribution in [0.15, 0.2) is 42.5 Å². The van der Waals surface area contributed by atoms with Crippen molar-refractivity contribution in [3.05, 3.63) is 59.2 Å². The minimum atomic E-state index is -0.179. The topological polar surface area (TPSA) is 55.1 Å². The summed E-state index contributed by atoms with van der Waals surface area (Å²) < 4.78 is 0. The number of benzene rings is 2. The lowest BCUT2D eigenvalue weighted by Gasteiger charge is -2.11. The molecule has 3 heteroatoms. The van der Waals surface area contributed by atoms with Crippen molar-refractivity contribution < 1.29 is 4.79 Å². The average molecular weight is 240 g/mol. The molecule has 2 aromatic carbocycles. The Balaban J connectivity index is 2.27. The monoisotopic (exact) mass is 240 g/mol. The summed E-state index contributed by atoms with van der Waals surface area (Å²) in [5, 5.41) is 2.89. The summed E-state index contributed by atoms with van der Waals surface area (Å²) >= 11 is 0. The molecule has 0 aliphatic rings. The van der Waals surface area contributed by atoms with Gasteiger partial charge in [0.2, 0.25) is 0 Å². The number of para-hydroxylation sites is 1. The Labute approximate surface area is 107 Å². The van der Waals surface area contributed by atoms with Gasteiger partial charge in [0.05, 0.1) is 5.56 Å². The summed E-state index contributed by atoms with van der Waals surface area (Å²) in [7, 11) is 0. The van der Waals surface area contributed by atoms with Crippen molar-refractivity contribution in [3.8, 4) is 0 Å². The molecule has 0 fully saturated rings. The van der Waals surface area contributed by atoms with Gasteiger partial charge in [0.25, 0.3) is 5.91 Å². The van der Waals surface area contributed by atoms with Crippen LogP contribution >= 0.6 is 0 Å². The molecule has 0 radical (unpaired) electrons. The quantitative estimate of drug-likeness (QED) is 0.792. The highest BCUT2D eigenvalue weighted by molar-refractivity contribution is 6.08. The van der Waals surface area contributed by atoms with Crippen LogP contribution in [0.2, 0.25) is 0 Å². The lowest BCUT2D eigenvalue weighted by molar-refractivity contribution is 0.102. The molecule has 0 saturated carbocycles. The Morgan fingerprint density at radius 1 is 1.06 bits per heavy atom. The average Bonchev–Trinajstić information content (AvgIpc) is 2.35. The normalized spacial score (nSPS) is 10.1. The Hall–Kier alpha value is -2.29. The summed E-state index contributed by atoms with van der Waals surface area (Å²) in [6, 6.07) is 12.9. The number of carbonyl (C=O) groups is 1. The SMILES string of the molecule is Cc1cccc(NC(=O)c2ccccc2N)c1C. The van der Waals surface area contributed by atoms with Crippen LogP contribution in [0.4, 0.5) is 11.4 Å². The van der Waals surface area contributed by atoms with E-state index in [2.05, 4.69) is 5.32 Å². The highest BCUT2D eigenvalue weighted by Crippen LogP contribution is 2.20. The van der Waals surface area contributed by atoms with Crippen LogP contribution in [0.5, 0.6) is 0 Å². The third-order valence-electron chi connectivity index (χ3n) is 3.06. The molecule has 0 saturated heterocycles. The largest absolute Gasteiger partial charge is 0.398 e. The number of nitrogens with two attached hydrogens (primary N) is 1. The van der Waals surface area contributed by atoms with Crippen molar-refractivity contribution in [1.82, 2.24) is 0 Å². The van der Waals surface area contributed by atoms with E-state index in [1.165, 1.54) is 0 Å². The van der Waals surface area contributed by atoms with Crippen LogP contribution in [0.3, 0.4) is 0 Å². The molecule has 0 aromatic heterocycles. The number of hydrogen-bond acceptors (Lipinski definition) is 2. The fraction of sp³-hybridized carbons (Fsp3) is 0.133. The molecule has 92 valence electrons. The van der Waals surface area contributed by atoms with Crippen LogP contribution in [0.1, 0.15) is 21.5 Å². The van der Waals surface area contributed by atoms with Gasteiger partial charge >= 0.3 is 0 Å². The van der Waals surface area contributed by atoms with E-state index in [4.69, 9.17) is 5.73 Å². The second kappa shape index (κ2) is 4.92. The first-order valence-corrected chi connectivity index (χ1v) is 5.81. The van der Waals surface area contributed by atoms with Gasteiger partial charge in [0.15, 0.2) is 0 Å². The summed E-state index contributed by atoms with van der Waals surface area (Å²) in [6.45, 7) is 4.00. The van der Waals surface area contributed by atoms with E-state index in [-0.39, 0.29) is 5.91 Å². The number of anilines is 2. The van der Waals surface area contributed by atoms with Gasteiger partial charge in [-0.3, -0.25) is 4.79 Å². The molecule has 0 unspecified atom stereocenters. The summed E-state index contributed by atoms with van der Waals surface area (Å²) in [5.74, 6) is -0.179. The zero-order valence-electron chi connectivity index (χ0n) is 10.5. The Morgan fingerprint density at radius 3 is 2.50 bits per heavy atom. The van der Waals surface area contributed by atoms with Gasteiger partial charge in [0.1, 0.15) is 0 Å². The van der Waals surface area contributed by atoms with Crippen LogP contribution in [-0.4, -0.2) is 5.91 Å². The highest BCUT2D eigenvalue weighted by atomic mass is 16.1. The number of carbonyl (C=O) groups excluding carboxylic acids is 1. The minimum Gasteiger partial charge on any atom is -0.398 e. The van der Waals surface area contributed by atoms with E-state index in [1.54, 1.807) is 18.2 Å². The number of nitrogens with one attached hydrogen (secondary N) is 1. The van der Waals surface area contributed by atoms with Gasteiger partial charge in [-0.2, -0.15) is 0 Å². The first-order chi connectivity index (χ1) is 8.59. The molecule has 3 N–H and O–H groups in total.